The highest BCUT2D eigenvalue weighted by atomic mass is 35.7. The summed E-state index contributed by atoms with van der Waals surface area (Å²) in [6.07, 6.45) is 0.251. The number of benzene rings is 1. The van der Waals surface area contributed by atoms with E-state index in [0.29, 0.717) is 5.75 Å². The molecular formula is C11H13ClO5S. The number of carbonyl (C=O) groups is 1. The smallest absolute Gasteiger partial charge is 0.232 e. The van der Waals surface area contributed by atoms with Crippen LogP contribution in [-0.2, 0) is 9.05 Å². The summed E-state index contributed by atoms with van der Waals surface area (Å²) >= 11 is 0. The Morgan fingerprint density at radius 2 is 2.11 bits per heavy atom. The fourth-order valence-corrected chi connectivity index (χ4v) is 2.11. The molecule has 0 saturated carbocycles. The first-order chi connectivity index (χ1) is 8.29. The Bertz CT molecular complexity index is 538. The molecule has 0 saturated heterocycles. The molecule has 0 amide bonds. The number of carbonyl (C=O) groups excluding carboxylic acids is 1. The van der Waals surface area contributed by atoms with Gasteiger partial charge in [-0.2, -0.15) is 0 Å². The maximum atomic E-state index is 11.1. The van der Waals surface area contributed by atoms with Gasteiger partial charge in [0, 0.05) is 16.7 Å². The lowest BCUT2D eigenvalue weighted by Crippen LogP contribution is -2.05. The summed E-state index contributed by atoms with van der Waals surface area (Å²) in [5, 5.41) is 9.53. The summed E-state index contributed by atoms with van der Waals surface area (Å²) in [6, 6.07) is 4.29. The van der Waals surface area contributed by atoms with Crippen LogP contribution in [-0.4, -0.2) is 31.7 Å². The number of rotatable bonds is 6. The molecule has 100 valence electrons. The Labute approximate surface area is 110 Å². The van der Waals surface area contributed by atoms with E-state index in [1.165, 1.54) is 25.1 Å². The lowest BCUT2D eigenvalue weighted by molar-refractivity contribution is 0.101. The van der Waals surface area contributed by atoms with E-state index in [1.54, 1.807) is 0 Å². The number of halogens is 1. The lowest BCUT2D eigenvalue weighted by Gasteiger charge is -2.07. The third-order valence-electron chi connectivity index (χ3n) is 2.15. The second-order valence-corrected chi connectivity index (χ2v) is 6.58. The molecule has 0 aliphatic rings. The van der Waals surface area contributed by atoms with Crippen molar-refractivity contribution in [2.24, 2.45) is 0 Å². The number of ketones is 1. The van der Waals surface area contributed by atoms with Gasteiger partial charge in [0.15, 0.2) is 5.78 Å². The molecule has 1 aromatic rings. The molecule has 0 aliphatic heterocycles. The van der Waals surface area contributed by atoms with Crippen molar-refractivity contribution < 1.29 is 23.1 Å². The Kier molecular flexibility index (Phi) is 4.98. The van der Waals surface area contributed by atoms with Gasteiger partial charge in [0.25, 0.3) is 0 Å². The summed E-state index contributed by atoms with van der Waals surface area (Å²) in [4.78, 5) is 11.1. The fraction of sp³-hybridized carbons (Fsp3) is 0.364. The van der Waals surface area contributed by atoms with Gasteiger partial charge in [-0.25, -0.2) is 8.42 Å². The van der Waals surface area contributed by atoms with E-state index in [9.17, 15) is 18.3 Å². The molecule has 0 heterocycles. The van der Waals surface area contributed by atoms with Crippen molar-refractivity contribution in [3.05, 3.63) is 23.8 Å². The van der Waals surface area contributed by atoms with Crippen LogP contribution in [0.5, 0.6) is 11.5 Å². The van der Waals surface area contributed by atoms with E-state index in [4.69, 9.17) is 15.4 Å². The van der Waals surface area contributed by atoms with E-state index >= 15 is 0 Å². The molecule has 7 heteroatoms. The number of hydrogen-bond donors (Lipinski definition) is 1. The highest BCUT2D eigenvalue weighted by Gasteiger charge is 2.08. The molecule has 18 heavy (non-hydrogen) atoms. The van der Waals surface area contributed by atoms with Crippen LogP contribution in [0.25, 0.3) is 0 Å². The highest BCUT2D eigenvalue weighted by molar-refractivity contribution is 8.13. The average molecular weight is 293 g/mol. The first-order valence-electron chi connectivity index (χ1n) is 5.18. The molecule has 0 spiro atoms. The van der Waals surface area contributed by atoms with Gasteiger partial charge in [-0.1, -0.05) is 0 Å². The summed E-state index contributed by atoms with van der Waals surface area (Å²) in [5.74, 6) is -0.215. The molecule has 1 N–H and O–H groups in total. The average Bonchev–Trinajstić information content (AvgIpc) is 2.22. The van der Waals surface area contributed by atoms with E-state index in [1.807, 2.05) is 0 Å². The van der Waals surface area contributed by atoms with Crippen LogP contribution < -0.4 is 4.74 Å². The monoisotopic (exact) mass is 292 g/mol. The van der Waals surface area contributed by atoms with Crippen LogP contribution >= 0.6 is 10.7 Å². The zero-order chi connectivity index (χ0) is 13.8. The Hall–Kier alpha value is -1.27. The number of Topliss-reactive ketones (excluding diaryl/α,β-unsaturated/α-hetero) is 1. The predicted octanol–water partition coefficient (Wildman–Crippen LogP) is 1.93. The topological polar surface area (TPSA) is 80.7 Å². The fourth-order valence-electron chi connectivity index (χ4n) is 1.32. The van der Waals surface area contributed by atoms with Crippen molar-refractivity contribution in [1.29, 1.82) is 0 Å². The minimum atomic E-state index is -3.51. The van der Waals surface area contributed by atoms with Gasteiger partial charge in [0.1, 0.15) is 11.5 Å². The standard InChI is InChI=1S/C11H13ClO5S/c1-8(13)10-4-3-9(7-11(10)14)17-5-2-6-18(12,15)16/h3-4,7,14H,2,5-6H2,1H3. The second-order valence-electron chi connectivity index (χ2n) is 3.68. The van der Waals surface area contributed by atoms with Crippen LogP contribution in [0.15, 0.2) is 18.2 Å². The highest BCUT2D eigenvalue weighted by Crippen LogP contribution is 2.24. The molecule has 0 radical (unpaired) electrons. The number of phenolic OH excluding ortho intramolecular Hbond substituents is 1. The zero-order valence-electron chi connectivity index (χ0n) is 9.72. The third-order valence-corrected chi connectivity index (χ3v) is 3.39. The van der Waals surface area contributed by atoms with Gasteiger partial charge in [0.2, 0.25) is 9.05 Å². The van der Waals surface area contributed by atoms with Gasteiger partial charge < -0.3 is 9.84 Å². The van der Waals surface area contributed by atoms with Crippen LogP contribution in [0.1, 0.15) is 23.7 Å². The van der Waals surface area contributed by atoms with Crippen molar-refractivity contribution in [3.8, 4) is 11.5 Å². The van der Waals surface area contributed by atoms with Crippen LogP contribution in [0, 0.1) is 0 Å². The molecule has 1 rings (SSSR count). The van der Waals surface area contributed by atoms with Crippen molar-refractivity contribution in [1.82, 2.24) is 0 Å². The van der Waals surface area contributed by atoms with Crippen molar-refractivity contribution >= 4 is 25.5 Å². The van der Waals surface area contributed by atoms with Gasteiger partial charge in [-0.05, 0) is 25.5 Å². The minimum absolute atomic E-state index is 0.158. The van der Waals surface area contributed by atoms with Gasteiger partial charge in [-0.15, -0.1) is 0 Å². The predicted molar refractivity (Wildman–Crippen MR) is 67.9 cm³/mol. The first kappa shape index (κ1) is 14.8. The summed E-state index contributed by atoms with van der Waals surface area (Å²) < 4.78 is 26.5. The maximum Gasteiger partial charge on any atom is 0.232 e. The zero-order valence-corrected chi connectivity index (χ0v) is 11.3. The molecular weight excluding hydrogens is 280 g/mol. The van der Waals surface area contributed by atoms with Gasteiger partial charge >= 0.3 is 0 Å². The molecule has 0 atom stereocenters. The van der Waals surface area contributed by atoms with Gasteiger partial charge in [0.05, 0.1) is 17.9 Å². The number of ether oxygens (including phenoxy) is 1. The molecule has 1 aromatic carbocycles. The quantitative estimate of drug-likeness (QED) is 0.492. The van der Waals surface area contributed by atoms with E-state index in [-0.39, 0.29) is 35.9 Å². The van der Waals surface area contributed by atoms with Gasteiger partial charge in [-0.3, -0.25) is 4.79 Å². The molecule has 0 unspecified atom stereocenters. The molecule has 0 aliphatic carbocycles. The van der Waals surface area contributed by atoms with E-state index < -0.39 is 9.05 Å². The lowest BCUT2D eigenvalue weighted by atomic mass is 10.1. The van der Waals surface area contributed by atoms with Crippen molar-refractivity contribution in [2.75, 3.05) is 12.4 Å². The number of hydrogen-bond acceptors (Lipinski definition) is 5. The van der Waals surface area contributed by atoms with Crippen molar-refractivity contribution in [2.45, 2.75) is 13.3 Å². The third kappa shape index (κ3) is 4.93. The summed E-state index contributed by atoms with van der Waals surface area (Å²) in [7, 11) is 1.53. The van der Waals surface area contributed by atoms with Crippen LogP contribution in [0.3, 0.4) is 0 Å². The molecule has 0 fully saturated rings. The normalized spacial score (nSPS) is 11.2. The van der Waals surface area contributed by atoms with Crippen LogP contribution in [0.4, 0.5) is 0 Å². The second kappa shape index (κ2) is 6.06. The largest absolute Gasteiger partial charge is 0.507 e. The summed E-state index contributed by atoms with van der Waals surface area (Å²) in [5.41, 5.74) is 0.214. The molecule has 5 nitrogen and oxygen atoms in total. The van der Waals surface area contributed by atoms with Crippen molar-refractivity contribution in [3.63, 3.8) is 0 Å². The van der Waals surface area contributed by atoms with E-state index in [2.05, 4.69) is 0 Å². The number of aromatic hydroxyl groups is 1. The van der Waals surface area contributed by atoms with E-state index in [0.717, 1.165) is 0 Å². The Morgan fingerprint density at radius 1 is 1.44 bits per heavy atom. The first-order valence-corrected chi connectivity index (χ1v) is 7.66. The molecule has 0 aromatic heterocycles. The Morgan fingerprint density at radius 3 is 2.61 bits per heavy atom. The molecule has 0 bridgehead atoms. The summed E-state index contributed by atoms with van der Waals surface area (Å²) in [6.45, 7) is 1.51. The Balaban J connectivity index is 2.54. The SMILES string of the molecule is CC(=O)c1ccc(OCCCS(=O)(=O)Cl)cc1O. The van der Waals surface area contributed by atoms with Crippen LogP contribution in [0.2, 0.25) is 0 Å². The minimum Gasteiger partial charge on any atom is -0.507 e. The maximum absolute atomic E-state index is 11.1. The number of phenols is 1.